The van der Waals surface area contributed by atoms with Crippen molar-refractivity contribution < 1.29 is 19.1 Å². The maximum absolute atomic E-state index is 12.6. The lowest BCUT2D eigenvalue weighted by Gasteiger charge is -2.38. The third-order valence-corrected chi connectivity index (χ3v) is 5.67. The number of rotatable bonds is 8. The van der Waals surface area contributed by atoms with Crippen LogP contribution in [0.2, 0.25) is 0 Å². The quantitative estimate of drug-likeness (QED) is 0.690. The smallest absolute Gasteiger partial charge is 0.260 e. The van der Waals surface area contributed by atoms with Crippen LogP contribution >= 0.6 is 0 Å². The fourth-order valence-electron chi connectivity index (χ4n) is 4.06. The van der Waals surface area contributed by atoms with E-state index in [-0.39, 0.29) is 30.5 Å². The number of hydrogen-bond donors (Lipinski definition) is 1. The molecule has 0 radical (unpaired) electrons. The number of ether oxygens (including phenoxy) is 2. The minimum atomic E-state index is -0.176. The second-order valence-corrected chi connectivity index (χ2v) is 7.97. The van der Waals surface area contributed by atoms with Gasteiger partial charge in [0, 0.05) is 29.8 Å². The van der Waals surface area contributed by atoms with Gasteiger partial charge in [0.25, 0.3) is 11.8 Å². The molecule has 2 aromatic rings. The summed E-state index contributed by atoms with van der Waals surface area (Å²) in [6.45, 7) is 7.08. The summed E-state index contributed by atoms with van der Waals surface area (Å²) in [6, 6.07) is 15.0. The second-order valence-electron chi connectivity index (χ2n) is 7.97. The molecule has 166 valence electrons. The molecule has 2 atom stereocenters. The predicted octanol–water partition coefficient (Wildman–Crippen LogP) is 4.18. The first kappa shape index (κ1) is 22.7. The van der Waals surface area contributed by atoms with E-state index >= 15 is 0 Å². The van der Waals surface area contributed by atoms with Gasteiger partial charge < -0.3 is 19.7 Å². The van der Waals surface area contributed by atoms with Gasteiger partial charge in [0.2, 0.25) is 0 Å². The van der Waals surface area contributed by atoms with E-state index in [2.05, 4.69) is 19.2 Å². The van der Waals surface area contributed by atoms with Crippen molar-refractivity contribution in [2.45, 2.75) is 58.7 Å². The van der Waals surface area contributed by atoms with Gasteiger partial charge in [0.15, 0.2) is 6.61 Å². The molecule has 0 saturated carbocycles. The minimum Gasteiger partial charge on any atom is -0.494 e. The summed E-state index contributed by atoms with van der Waals surface area (Å²) < 4.78 is 11.3. The van der Waals surface area contributed by atoms with E-state index in [0.29, 0.717) is 24.5 Å². The monoisotopic (exact) mass is 424 g/mol. The molecule has 31 heavy (non-hydrogen) atoms. The summed E-state index contributed by atoms with van der Waals surface area (Å²) in [4.78, 5) is 27.0. The summed E-state index contributed by atoms with van der Waals surface area (Å²) in [5, 5.41) is 2.92. The third-order valence-electron chi connectivity index (χ3n) is 5.67. The van der Waals surface area contributed by atoms with Crippen LogP contribution in [-0.4, -0.2) is 42.0 Å². The molecule has 2 amide bonds. The maximum Gasteiger partial charge on any atom is 0.260 e. The number of carbonyl (C=O) groups excluding carboxylic acids is 2. The van der Waals surface area contributed by atoms with Gasteiger partial charge in [0.1, 0.15) is 11.5 Å². The van der Waals surface area contributed by atoms with E-state index in [9.17, 15) is 9.59 Å². The minimum absolute atomic E-state index is 0.00837. The average Bonchev–Trinajstić information content (AvgIpc) is 2.77. The Morgan fingerprint density at radius 3 is 2.35 bits per heavy atom. The van der Waals surface area contributed by atoms with Crippen molar-refractivity contribution in [3.8, 4) is 11.5 Å². The van der Waals surface area contributed by atoms with Gasteiger partial charge in [-0.1, -0.05) is 18.2 Å². The highest BCUT2D eigenvalue weighted by Gasteiger charge is 2.28. The van der Waals surface area contributed by atoms with Crippen molar-refractivity contribution in [3.05, 3.63) is 59.7 Å². The van der Waals surface area contributed by atoms with Crippen LogP contribution in [0.15, 0.2) is 48.5 Å². The average molecular weight is 425 g/mol. The number of hydrogen-bond acceptors (Lipinski definition) is 4. The van der Waals surface area contributed by atoms with E-state index in [1.54, 1.807) is 24.3 Å². The molecule has 0 aliphatic carbocycles. The summed E-state index contributed by atoms with van der Waals surface area (Å²) >= 11 is 0. The number of amides is 2. The first-order chi connectivity index (χ1) is 15.0. The number of piperidine rings is 1. The number of likely N-dealkylation sites (tertiary alicyclic amines) is 1. The Balaban J connectivity index is 1.51. The molecule has 1 heterocycles. The zero-order valence-corrected chi connectivity index (χ0v) is 18.6. The van der Waals surface area contributed by atoms with Gasteiger partial charge in [-0.2, -0.15) is 0 Å². The highest BCUT2D eigenvalue weighted by Crippen LogP contribution is 2.23. The first-order valence-electron chi connectivity index (χ1n) is 11.0. The van der Waals surface area contributed by atoms with Crippen LogP contribution in [0.4, 0.5) is 0 Å². The lowest BCUT2D eigenvalue weighted by Crippen LogP contribution is -2.49. The fourth-order valence-corrected chi connectivity index (χ4v) is 4.06. The van der Waals surface area contributed by atoms with E-state index in [0.717, 1.165) is 30.6 Å². The van der Waals surface area contributed by atoms with E-state index in [1.807, 2.05) is 36.1 Å². The lowest BCUT2D eigenvalue weighted by molar-refractivity contribution is -0.139. The van der Waals surface area contributed by atoms with Crippen LogP contribution in [0.25, 0.3) is 0 Å². The van der Waals surface area contributed by atoms with Crippen molar-refractivity contribution in [3.63, 3.8) is 0 Å². The Morgan fingerprint density at radius 1 is 1.00 bits per heavy atom. The van der Waals surface area contributed by atoms with Crippen LogP contribution < -0.4 is 14.8 Å². The molecule has 2 aromatic carbocycles. The lowest BCUT2D eigenvalue weighted by atomic mass is 9.97. The summed E-state index contributed by atoms with van der Waals surface area (Å²) in [5.41, 5.74) is 1.46. The molecule has 1 N–H and O–H groups in total. The molecular formula is C25H32N2O4. The zero-order valence-electron chi connectivity index (χ0n) is 18.6. The molecule has 1 aliphatic rings. The number of nitrogens with one attached hydrogen (secondary N) is 1. The van der Waals surface area contributed by atoms with E-state index in [1.165, 1.54) is 0 Å². The van der Waals surface area contributed by atoms with E-state index < -0.39 is 0 Å². The summed E-state index contributed by atoms with van der Waals surface area (Å²) in [5.74, 6) is 1.18. The fraction of sp³-hybridized carbons (Fsp3) is 0.440. The SMILES string of the molecule is CCOc1ccccc1CNC(=O)c1ccc(OCC(=O)N2C(C)CCCC2C)cc1. The standard InChI is InChI=1S/C25H32N2O4/c1-4-30-23-11-6-5-10-21(23)16-26-25(29)20-12-14-22(15-13-20)31-17-24(28)27-18(2)8-7-9-19(27)3/h5-6,10-15,18-19H,4,7-9,16-17H2,1-3H3,(H,26,29). The molecule has 0 spiro atoms. The van der Waals surface area contributed by atoms with Crippen LogP contribution in [0.1, 0.15) is 56.0 Å². The van der Waals surface area contributed by atoms with Crippen molar-refractivity contribution >= 4 is 11.8 Å². The topological polar surface area (TPSA) is 67.9 Å². The molecule has 6 heteroatoms. The maximum atomic E-state index is 12.6. The highest BCUT2D eigenvalue weighted by molar-refractivity contribution is 5.94. The third kappa shape index (κ3) is 6.00. The van der Waals surface area contributed by atoms with Crippen LogP contribution in [0, 0.1) is 0 Å². The van der Waals surface area contributed by atoms with Gasteiger partial charge in [-0.05, 0) is 70.4 Å². The Hall–Kier alpha value is -3.02. The molecule has 3 rings (SSSR count). The largest absolute Gasteiger partial charge is 0.494 e. The molecule has 6 nitrogen and oxygen atoms in total. The first-order valence-corrected chi connectivity index (χ1v) is 11.0. The Bertz CT molecular complexity index is 871. The number of para-hydroxylation sites is 1. The Labute approximate surface area is 184 Å². The van der Waals surface area contributed by atoms with Crippen molar-refractivity contribution in [2.24, 2.45) is 0 Å². The normalized spacial score (nSPS) is 18.4. The van der Waals surface area contributed by atoms with Gasteiger partial charge in [-0.3, -0.25) is 9.59 Å². The summed E-state index contributed by atoms with van der Waals surface area (Å²) in [7, 11) is 0. The van der Waals surface area contributed by atoms with Crippen molar-refractivity contribution in [1.29, 1.82) is 0 Å². The molecule has 0 bridgehead atoms. The summed E-state index contributed by atoms with van der Waals surface area (Å²) in [6.07, 6.45) is 3.23. The molecule has 0 aromatic heterocycles. The van der Waals surface area contributed by atoms with Crippen LogP contribution in [0.5, 0.6) is 11.5 Å². The second kappa shape index (κ2) is 10.8. The Morgan fingerprint density at radius 2 is 1.68 bits per heavy atom. The molecular weight excluding hydrogens is 392 g/mol. The number of carbonyl (C=O) groups is 2. The van der Waals surface area contributed by atoms with Crippen molar-refractivity contribution in [1.82, 2.24) is 10.2 Å². The van der Waals surface area contributed by atoms with Crippen molar-refractivity contribution in [2.75, 3.05) is 13.2 Å². The molecule has 1 aliphatic heterocycles. The number of nitrogens with zero attached hydrogens (tertiary/aromatic N) is 1. The van der Waals surface area contributed by atoms with Gasteiger partial charge in [0.05, 0.1) is 6.61 Å². The van der Waals surface area contributed by atoms with Gasteiger partial charge >= 0.3 is 0 Å². The van der Waals surface area contributed by atoms with E-state index in [4.69, 9.17) is 9.47 Å². The highest BCUT2D eigenvalue weighted by atomic mass is 16.5. The van der Waals surface area contributed by atoms with Crippen LogP contribution in [-0.2, 0) is 11.3 Å². The Kier molecular flexibility index (Phi) is 7.93. The van der Waals surface area contributed by atoms with Crippen LogP contribution in [0.3, 0.4) is 0 Å². The van der Waals surface area contributed by atoms with Gasteiger partial charge in [-0.15, -0.1) is 0 Å². The molecule has 2 unspecified atom stereocenters. The predicted molar refractivity (Wildman–Crippen MR) is 120 cm³/mol. The number of benzene rings is 2. The molecule has 1 fully saturated rings. The molecule has 1 saturated heterocycles. The van der Waals surface area contributed by atoms with Gasteiger partial charge in [-0.25, -0.2) is 0 Å². The zero-order chi connectivity index (χ0) is 22.2.